The molecule has 104 valence electrons. The fourth-order valence-electron chi connectivity index (χ4n) is 1.79. The molecule has 0 aromatic heterocycles. The van der Waals surface area contributed by atoms with Crippen LogP contribution >= 0.6 is 0 Å². The van der Waals surface area contributed by atoms with E-state index in [-0.39, 0.29) is 11.3 Å². The van der Waals surface area contributed by atoms with Crippen molar-refractivity contribution in [2.45, 2.75) is 6.92 Å². The Morgan fingerprint density at radius 3 is 2.63 bits per heavy atom. The van der Waals surface area contributed by atoms with Crippen LogP contribution < -0.4 is 10.2 Å². The lowest BCUT2D eigenvalue weighted by Gasteiger charge is -2.21. The van der Waals surface area contributed by atoms with Gasteiger partial charge in [0, 0.05) is 31.9 Å². The highest BCUT2D eigenvalue weighted by Crippen LogP contribution is 2.29. The summed E-state index contributed by atoms with van der Waals surface area (Å²) >= 11 is 0. The Bertz CT molecular complexity index is 502. The second-order valence-electron chi connectivity index (χ2n) is 4.23. The summed E-state index contributed by atoms with van der Waals surface area (Å²) in [4.78, 5) is 23.2. The van der Waals surface area contributed by atoms with Crippen LogP contribution in [0.25, 0.3) is 0 Å². The second-order valence-corrected chi connectivity index (χ2v) is 4.23. The molecule has 0 saturated heterocycles. The average molecular weight is 267 g/mol. The van der Waals surface area contributed by atoms with Crippen molar-refractivity contribution in [3.63, 3.8) is 0 Å². The zero-order valence-electron chi connectivity index (χ0n) is 11.1. The predicted octanol–water partition coefficient (Wildman–Crippen LogP) is 1.26. The van der Waals surface area contributed by atoms with Gasteiger partial charge in [-0.1, -0.05) is 0 Å². The Kier molecular flexibility index (Phi) is 4.82. The molecule has 0 aliphatic rings. The third-order valence-corrected chi connectivity index (χ3v) is 2.90. The van der Waals surface area contributed by atoms with E-state index in [4.69, 9.17) is 5.11 Å². The van der Waals surface area contributed by atoms with Gasteiger partial charge in [-0.15, -0.1) is 0 Å². The molecule has 1 aromatic carbocycles. The van der Waals surface area contributed by atoms with Crippen LogP contribution in [0, 0.1) is 17.0 Å². The van der Waals surface area contributed by atoms with Crippen LogP contribution in [0.4, 0.5) is 11.4 Å². The molecule has 0 aliphatic carbocycles. The van der Waals surface area contributed by atoms with Gasteiger partial charge in [0.2, 0.25) is 0 Å². The molecular formula is C12H17N3O4. The molecule has 0 amide bonds. The van der Waals surface area contributed by atoms with Gasteiger partial charge in [-0.05, 0) is 20.0 Å². The molecule has 1 rings (SSSR count). The fourth-order valence-corrected chi connectivity index (χ4v) is 1.79. The summed E-state index contributed by atoms with van der Waals surface area (Å²) in [5, 5.41) is 22.9. The van der Waals surface area contributed by atoms with E-state index in [1.807, 2.05) is 0 Å². The first-order valence-corrected chi connectivity index (χ1v) is 5.76. The van der Waals surface area contributed by atoms with Gasteiger partial charge in [0.05, 0.1) is 16.1 Å². The van der Waals surface area contributed by atoms with E-state index >= 15 is 0 Å². The lowest BCUT2D eigenvalue weighted by atomic mass is 10.1. The van der Waals surface area contributed by atoms with Gasteiger partial charge >= 0.3 is 5.97 Å². The van der Waals surface area contributed by atoms with Crippen LogP contribution in [0.3, 0.4) is 0 Å². The monoisotopic (exact) mass is 267 g/mol. The molecule has 2 N–H and O–H groups in total. The van der Waals surface area contributed by atoms with E-state index in [9.17, 15) is 14.9 Å². The highest BCUT2D eigenvalue weighted by molar-refractivity contribution is 5.90. The molecule has 0 aliphatic heterocycles. The quantitative estimate of drug-likeness (QED) is 0.595. The minimum absolute atomic E-state index is 0.0800. The van der Waals surface area contributed by atoms with Crippen molar-refractivity contribution >= 4 is 17.3 Å². The van der Waals surface area contributed by atoms with Gasteiger partial charge in [-0.3, -0.25) is 10.1 Å². The fraction of sp³-hybridized carbons (Fsp3) is 0.417. The summed E-state index contributed by atoms with van der Waals surface area (Å²) in [7, 11) is 3.58. The van der Waals surface area contributed by atoms with Crippen LogP contribution in [-0.4, -0.2) is 43.2 Å². The Labute approximate surface area is 111 Å². The number of nitro groups is 1. The van der Waals surface area contributed by atoms with Crippen molar-refractivity contribution in [3.05, 3.63) is 33.4 Å². The number of rotatable bonds is 6. The van der Waals surface area contributed by atoms with Crippen molar-refractivity contribution in [1.82, 2.24) is 5.32 Å². The van der Waals surface area contributed by atoms with E-state index < -0.39 is 10.9 Å². The first-order valence-electron chi connectivity index (χ1n) is 5.76. The number of aromatic carboxylic acids is 1. The van der Waals surface area contributed by atoms with E-state index in [1.165, 1.54) is 6.07 Å². The van der Waals surface area contributed by atoms with Gasteiger partial charge in [0.15, 0.2) is 0 Å². The number of hydrogen-bond donors (Lipinski definition) is 2. The maximum absolute atomic E-state index is 11.0. The number of likely N-dealkylation sites (N-methyl/N-ethyl adjacent to an activating group) is 2. The molecule has 0 atom stereocenters. The molecular weight excluding hydrogens is 250 g/mol. The highest BCUT2D eigenvalue weighted by atomic mass is 16.6. The summed E-state index contributed by atoms with van der Waals surface area (Å²) in [6.07, 6.45) is 0. The van der Waals surface area contributed by atoms with Crippen molar-refractivity contribution in [1.29, 1.82) is 0 Å². The van der Waals surface area contributed by atoms with Crippen molar-refractivity contribution in [2.24, 2.45) is 0 Å². The third kappa shape index (κ3) is 3.41. The molecule has 7 nitrogen and oxygen atoms in total. The van der Waals surface area contributed by atoms with Crippen LogP contribution in [0.2, 0.25) is 0 Å². The SMILES string of the molecule is CNCCN(C)c1cc(C(=O)O)cc([N+](=O)[O-])c1C. The average Bonchev–Trinajstić information content (AvgIpc) is 2.35. The van der Waals surface area contributed by atoms with Crippen LogP contribution in [-0.2, 0) is 0 Å². The molecule has 19 heavy (non-hydrogen) atoms. The summed E-state index contributed by atoms with van der Waals surface area (Å²) in [6.45, 7) is 2.94. The Morgan fingerprint density at radius 2 is 2.16 bits per heavy atom. The second kappa shape index (κ2) is 6.14. The minimum Gasteiger partial charge on any atom is -0.478 e. The number of benzene rings is 1. The zero-order chi connectivity index (χ0) is 14.6. The Hall–Kier alpha value is -2.15. The van der Waals surface area contributed by atoms with Crippen molar-refractivity contribution in [2.75, 3.05) is 32.1 Å². The third-order valence-electron chi connectivity index (χ3n) is 2.90. The topological polar surface area (TPSA) is 95.7 Å². The number of carboxylic acid groups (broad SMARTS) is 1. The number of nitrogens with one attached hydrogen (secondary N) is 1. The highest BCUT2D eigenvalue weighted by Gasteiger charge is 2.20. The van der Waals surface area contributed by atoms with Gasteiger partial charge in [0.1, 0.15) is 0 Å². The van der Waals surface area contributed by atoms with Gasteiger partial charge in [-0.2, -0.15) is 0 Å². The molecule has 0 saturated carbocycles. The minimum atomic E-state index is -1.17. The lowest BCUT2D eigenvalue weighted by molar-refractivity contribution is -0.385. The molecule has 0 radical (unpaired) electrons. The molecule has 0 fully saturated rings. The number of nitro benzene ring substituents is 1. The maximum atomic E-state index is 11.0. The number of nitrogens with zero attached hydrogens (tertiary/aromatic N) is 2. The molecule has 0 heterocycles. The van der Waals surface area contributed by atoms with Gasteiger partial charge in [-0.25, -0.2) is 4.79 Å². The number of carbonyl (C=O) groups is 1. The zero-order valence-corrected chi connectivity index (χ0v) is 11.1. The molecule has 0 unspecified atom stereocenters. The first kappa shape index (κ1) is 14.9. The normalized spacial score (nSPS) is 10.3. The summed E-state index contributed by atoms with van der Waals surface area (Å²) in [6, 6.07) is 2.55. The van der Waals surface area contributed by atoms with Crippen LogP contribution in [0.1, 0.15) is 15.9 Å². The standard InChI is InChI=1S/C12H17N3O4/c1-8-10(14(3)5-4-13-2)6-9(12(16)17)7-11(8)15(18)19/h6-7,13H,4-5H2,1-3H3,(H,16,17). The summed E-state index contributed by atoms with van der Waals surface area (Å²) < 4.78 is 0. The Morgan fingerprint density at radius 1 is 1.53 bits per heavy atom. The number of hydrogen-bond acceptors (Lipinski definition) is 5. The van der Waals surface area contributed by atoms with Crippen molar-refractivity contribution in [3.8, 4) is 0 Å². The molecule has 1 aromatic rings. The predicted molar refractivity (Wildman–Crippen MR) is 72.0 cm³/mol. The van der Waals surface area contributed by atoms with Crippen LogP contribution in [0.5, 0.6) is 0 Å². The molecule has 0 bridgehead atoms. The number of anilines is 1. The summed E-state index contributed by atoms with van der Waals surface area (Å²) in [5.74, 6) is -1.17. The molecule has 0 spiro atoms. The van der Waals surface area contributed by atoms with Gasteiger partial charge < -0.3 is 15.3 Å². The van der Waals surface area contributed by atoms with E-state index in [2.05, 4.69) is 5.32 Å². The Balaban J connectivity index is 3.28. The van der Waals surface area contributed by atoms with E-state index in [0.29, 0.717) is 24.3 Å². The van der Waals surface area contributed by atoms with Crippen LogP contribution in [0.15, 0.2) is 12.1 Å². The largest absolute Gasteiger partial charge is 0.478 e. The maximum Gasteiger partial charge on any atom is 0.336 e. The smallest absolute Gasteiger partial charge is 0.336 e. The summed E-state index contributed by atoms with van der Waals surface area (Å²) in [5.41, 5.74) is 0.769. The van der Waals surface area contributed by atoms with E-state index in [0.717, 1.165) is 6.07 Å². The lowest BCUT2D eigenvalue weighted by Crippen LogP contribution is -2.28. The van der Waals surface area contributed by atoms with Gasteiger partial charge in [0.25, 0.3) is 5.69 Å². The number of carboxylic acids is 1. The van der Waals surface area contributed by atoms with Crippen molar-refractivity contribution < 1.29 is 14.8 Å². The molecule has 7 heteroatoms. The first-order chi connectivity index (χ1) is 8.88. The van der Waals surface area contributed by atoms with E-state index in [1.54, 1.807) is 25.9 Å².